The molecule has 0 amide bonds. The summed E-state index contributed by atoms with van der Waals surface area (Å²) in [4.78, 5) is 25.0. The summed E-state index contributed by atoms with van der Waals surface area (Å²) in [6.45, 7) is 0. The Morgan fingerprint density at radius 3 is 1.93 bits per heavy atom. The first-order valence-corrected chi connectivity index (χ1v) is 8.69. The van der Waals surface area contributed by atoms with Crippen LogP contribution in [0.4, 0.5) is 0 Å². The van der Waals surface area contributed by atoms with Gasteiger partial charge in [0.1, 0.15) is 28.7 Å². The molecule has 0 saturated carbocycles. The lowest BCUT2D eigenvalue weighted by Crippen LogP contribution is -2.15. The molecule has 148 valence electrons. The van der Waals surface area contributed by atoms with Gasteiger partial charge in [0.25, 0.3) is 0 Å². The van der Waals surface area contributed by atoms with Crippen LogP contribution in [0.25, 0.3) is 0 Å². The minimum atomic E-state index is -0.977. The minimum absolute atomic E-state index is 0.0487. The topological polar surface area (TPSA) is 135 Å². The van der Waals surface area contributed by atoms with E-state index in [1.165, 1.54) is 30.3 Å². The number of Topliss-reactive ketones (excluding diaryl/α,β-unsaturated/α-hetero) is 2. The Labute approximate surface area is 165 Å². The molecule has 0 unspecified atom stereocenters. The van der Waals surface area contributed by atoms with Gasteiger partial charge in [0.2, 0.25) is 11.6 Å². The van der Waals surface area contributed by atoms with Gasteiger partial charge in [0, 0.05) is 17.7 Å². The molecule has 0 atom stereocenters. The number of aryl methyl sites for hydroxylation is 2. The fourth-order valence-electron chi connectivity index (χ4n) is 2.96. The Morgan fingerprint density at radius 2 is 1.28 bits per heavy atom. The number of ketones is 2. The first kappa shape index (κ1) is 19.8. The molecule has 7 nitrogen and oxygen atoms in total. The first-order chi connectivity index (χ1) is 13.7. The molecule has 0 radical (unpaired) electrons. The van der Waals surface area contributed by atoms with Gasteiger partial charge in [-0.3, -0.25) is 9.59 Å². The standard InChI is InChI=1S/C22H18O7/c23-15-4-3-13(19(26)10-15)2-1-12-7-14(9-17(25)8-12)21(28)22(29)18-6-5-16(24)11-20(18)27/h3-11,23-27H,1-2H2. The number of carbonyl (C=O) groups is 2. The third-order valence-electron chi connectivity index (χ3n) is 4.42. The fraction of sp³-hybridized carbons (Fsp3) is 0.0909. The van der Waals surface area contributed by atoms with Crippen molar-refractivity contribution in [3.05, 3.63) is 76.9 Å². The molecule has 0 aromatic heterocycles. The molecule has 0 aliphatic rings. The van der Waals surface area contributed by atoms with Crippen molar-refractivity contribution in [2.75, 3.05) is 0 Å². The molecule has 0 heterocycles. The van der Waals surface area contributed by atoms with Gasteiger partial charge in [0.05, 0.1) is 5.56 Å². The Kier molecular flexibility index (Phi) is 5.40. The van der Waals surface area contributed by atoms with Gasteiger partial charge < -0.3 is 25.5 Å². The SMILES string of the molecule is O=C(C(=O)c1ccc(O)cc1O)c1cc(O)cc(CCc2ccc(O)cc2O)c1. The summed E-state index contributed by atoms with van der Waals surface area (Å²) >= 11 is 0. The molecule has 3 rings (SSSR count). The maximum Gasteiger partial charge on any atom is 0.237 e. The van der Waals surface area contributed by atoms with Crippen LogP contribution < -0.4 is 0 Å². The number of benzene rings is 3. The van der Waals surface area contributed by atoms with Crippen molar-refractivity contribution in [2.45, 2.75) is 12.8 Å². The van der Waals surface area contributed by atoms with Crippen LogP contribution in [0.3, 0.4) is 0 Å². The van der Waals surface area contributed by atoms with Crippen LogP contribution in [0, 0.1) is 0 Å². The lowest BCUT2D eigenvalue weighted by Gasteiger charge is -2.09. The monoisotopic (exact) mass is 394 g/mol. The molecular weight excluding hydrogens is 376 g/mol. The highest BCUT2D eigenvalue weighted by Crippen LogP contribution is 2.27. The number of phenolic OH excluding ortho intramolecular Hbond substituents is 5. The summed E-state index contributed by atoms with van der Waals surface area (Å²) in [6, 6.07) is 11.5. The highest BCUT2D eigenvalue weighted by atomic mass is 16.3. The highest BCUT2D eigenvalue weighted by Gasteiger charge is 2.22. The number of hydrogen-bond donors (Lipinski definition) is 5. The lowest BCUT2D eigenvalue weighted by atomic mass is 9.96. The third kappa shape index (κ3) is 4.47. The second-order valence-corrected chi connectivity index (χ2v) is 6.56. The zero-order chi connectivity index (χ0) is 21.1. The van der Waals surface area contributed by atoms with Crippen molar-refractivity contribution in [1.29, 1.82) is 0 Å². The molecular formula is C22H18O7. The van der Waals surface area contributed by atoms with E-state index in [1.54, 1.807) is 6.07 Å². The number of aromatic hydroxyl groups is 5. The van der Waals surface area contributed by atoms with E-state index in [4.69, 9.17) is 0 Å². The summed E-state index contributed by atoms with van der Waals surface area (Å²) < 4.78 is 0. The largest absolute Gasteiger partial charge is 0.508 e. The maximum absolute atomic E-state index is 12.6. The molecule has 0 bridgehead atoms. The number of hydrogen-bond acceptors (Lipinski definition) is 7. The normalized spacial score (nSPS) is 10.6. The van der Waals surface area contributed by atoms with Gasteiger partial charge in [-0.05, 0) is 60.4 Å². The van der Waals surface area contributed by atoms with Gasteiger partial charge in [-0.1, -0.05) is 6.07 Å². The van der Waals surface area contributed by atoms with Gasteiger partial charge in [-0.2, -0.15) is 0 Å². The fourth-order valence-corrected chi connectivity index (χ4v) is 2.96. The van der Waals surface area contributed by atoms with Gasteiger partial charge >= 0.3 is 0 Å². The van der Waals surface area contributed by atoms with Gasteiger partial charge in [-0.25, -0.2) is 0 Å². The molecule has 0 saturated heterocycles. The quantitative estimate of drug-likeness (QED) is 0.320. The van der Waals surface area contributed by atoms with Crippen molar-refractivity contribution < 1.29 is 35.1 Å². The maximum atomic E-state index is 12.6. The van der Waals surface area contributed by atoms with E-state index in [0.29, 0.717) is 24.0 Å². The Hall–Kier alpha value is -4.00. The second-order valence-electron chi connectivity index (χ2n) is 6.56. The van der Waals surface area contributed by atoms with E-state index < -0.39 is 17.3 Å². The van der Waals surface area contributed by atoms with Gasteiger partial charge in [0.15, 0.2) is 0 Å². The molecule has 0 aliphatic carbocycles. The minimum Gasteiger partial charge on any atom is -0.508 e. The average Bonchev–Trinajstić information content (AvgIpc) is 2.66. The second kappa shape index (κ2) is 7.93. The van der Waals surface area contributed by atoms with E-state index in [1.807, 2.05) is 0 Å². The molecule has 3 aromatic carbocycles. The summed E-state index contributed by atoms with van der Waals surface area (Å²) in [5.74, 6) is -3.00. The number of carbonyl (C=O) groups excluding carboxylic acids is 2. The van der Waals surface area contributed by atoms with Crippen molar-refractivity contribution in [2.24, 2.45) is 0 Å². The van der Waals surface area contributed by atoms with Crippen LogP contribution in [0.1, 0.15) is 31.8 Å². The zero-order valence-corrected chi connectivity index (χ0v) is 15.2. The van der Waals surface area contributed by atoms with E-state index in [-0.39, 0.29) is 34.1 Å². The van der Waals surface area contributed by atoms with Crippen LogP contribution in [-0.4, -0.2) is 37.1 Å². The van der Waals surface area contributed by atoms with Crippen molar-refractivity contribution in [1.82, 2.24) is 0 Å². The summed E-state index contributed by atoms with van der Waals surface area (Å²) in [5, 5.41) is 48.3. The average molecular weight is 394 g/mol. The Morgan fingerprint density at radius 1 is 0.621 bits per heavy atom. The number of phenols is 5. The Balaban J connectivity index is 1.82. The molecule has 0 spiro atoms. The summed E-state index contributed by atoms with van der Waals surface area (Å²) in [5.41, 5.74) is 0.826. The molecule has 5 N–H and O–H groups in total. The molecule has 7 heteroatoms. The number of rotatable bonds is 6. The smallest absolute Gasteiger partial charge is 0.237 e. The molecule has 0 fully saturated rings. The predicted molar refractivity (Wildman–Crippen MR) is 104 cm³/mol. The molecule has 0 aliphatic heterocycles. The van der Waals surface area contributed by atoms with E-state index >= 15 is 0 Å². The van der Waals surface area contributed by atoms with Crippen LogP contribution in [0.15, 0.2) is 54.6 Å². The van der Waals surface area contributed by atoms with Gasteiger partial charge in [-0.15, -0.1) is 0 Å². The first-order valence-electron chi connectivity index (χ1n) is 8.69. The van der Waals surface area contributed by atoms with E-state index in [9.17, 15) is 35.1 Å². The van der Waals surface area contributed by atoms with E-state index in [2.05, 4.69) is 0 Å². The summed E-state index contributed by atoms with van der Waals surface area (Å²) in [7, 11) is 0. The Bertz CT molecular complexity index is 1100. The zero-order valence-electron chi connectivity index (χ0n) is 15.2. The van der Waals surface area contributed by atoms with Crippen LogP contribution in [-0.2, 0) is 12.8 Å². The molecule has 29 heavy (non-hydrogen) atoms. The van der Waals surface area contributed by atoms with Crippen LogP contribution >= 0.6 is 0 Å². The lowest BCUT2D eigenvalue weighted by molar-refractivity contribution is 0.0815. The highest BCUT2D eigenvalue weighted by molar-refractivity contribution is 6.49. The predicted octanol–water partition coefficient (Wildman–Crippen LogP) is 3.07. The van der Waals surface area contributed by atoms with Crippen molar-refractivity contribution in [3.63, 3.8) is 0 Å². The summed E-state index contributed by atoms with van der Waals surface area (Å²) in [6.07, 6.45) is 0.724. The van der Waals surface area contributed by atoms with Crippen LogP contribution in [0.2, 0.25) is 0 Å². The van der Waals surface area contributed by atoms with Crippen LogP contribution in [0.5, 0.6) is 28.7 Å². The molecule has 3 aromatic rings. The van der Waals surface area contributed by atoms with Crippen molar-refractivity contribution >= 4 is 11.6 Å². The van der Waals surface area contributed by atoms with E-state index in [0.717, 1.165) is 18.2 Å². The third-order valence-corrected chi connectivity index (χ3v) is 4.42. The van der Waals surface area contributed by atoms with Crippen molar-refractivity contribution in [3.8, 4) is 28.7 Å².